The molecule has 1 heterocycles. The molecule has 0 aromatic heterocycles. The normalized spacial score (nSPS) is 16.6. The predicted octanol–water partition coefficient (Wildman–Crippen LogP) is 10.2. The van der Waals surface area contributed by atoms with Gasteiger partial charge in [0.1, 0.15) is 22.8 Å². The molecular formula is C37H49NO5. The van der Waals surface area contributed by atoms with Crippen LogP contribution in [0.15, 0.2) is 65.3 Å². The molecule has 1 N–H and O–H groups in total. The van der Waals surface area contributed by atoms with Crippen LogP contribution in [-0.2, 0) is 6.42 Å². The number of para-hydroxylation sites is 1. The van der Waals surface area contributed by atoms with E-state index < -0.39 is 12.2 Å². The van der Waals surface area contributed by atoms with E-state index in [1.54, 1.807) is 24.3 Å². The molecule has 6 nitrogen and oxygen atoms in total. The van der Waals surface area contributed by atoms with Gasteiger partial charge >= 0.3 is 12.2 Å². The fourth-order valence-electron chi connectivity index (χ4n) is 5.40. The summed E-state index contributed by atoms with van der Waals surface area (Å²) in [6.07, 6.45) is 13.3. The van der Waals surface area contributed by atoms with Gasteiger partial charge in [0.2, 0.25) is 0 Å². The minimum absolute atomic E-state index is 0.268. The highest BCUT2D eigenvalue weighted by Crippen LogP contribution is 2.45. The molecule has 232 valence electrons. The maximum atomic E-state index is 12.6. The van der Waals surface area contributed by atoms with Crippen molar-refractivity contribution in [2.24, 2.45) is 0 Å². The first-order valence-electron chi connectivity index (χ1n) is 15.4. The number of carbonyl (C=O) groups is 2. The van der Waals surface area contributed by atoms with Crippen LogP contribution >= 0.6 is 0 Å². The zero-order valence-electron chi connectivity index (χ0n) is 27.3. The van der Waals surface area contributed by atoms with Crippen molar-refractivity contribution in [2.45, 2.75) is 112 Å². The maximum Gasteiger partial charge on any atom is 0.422 e. The number of imide groups is 1. The highest BCUT2D eigenvalue weighted by Gasteiger charge is 2.34. The predicted molar refractivity (Wildman–Crippen MR) is 174 cm³/mol. The monoisotopic (exact) mass is 587 g/mol. The second kappa shape index (κ2) is 15.6. The molecule has 3 rings (SSSR count). The fraction of sp³-hybridized carbons (Fsp3) is 0.459. The van der Waals surface area contributed by atoms with E-state index in [0.717, 1.165) is 79.4 Å². The van der Waals surface area contributed by atoms with Gasteiger partial charge in [0.15, 0.2) is 0 Å². The molecule has 6 heteroatoms. The molecule has 1 atom stereocenters. The summed E-state index contributed by atoms with van der Waals surface area (Å²) in [6, 6.07) is 8.55. The van der Waals surface area contributed by atoms with Crippen LogP contribution in [0.1, 0.15) is 102 Å². The third-order valence-electron chi connectivity index (χ3n) is 8.20. The molecule has 2 aromatic rings. The van der Waals surface area contributed by atoms with E-state index >= 15 is 0 Å². The molecule has 0 saturated carbocycles. The molecule has 0 radical (unpaired) electrons. The molecular weight excluding hydrogens is 538 g/mol. The number of carbonyl (C=O) groups excluding carboxylic acids is 2. The van der Waals surface area contributed by atoms with Crippen molar-refractivity contribution < 1.29 is 23.8 Å². The van der Waals surface area contributed by atoms with Gasteiger partial charge in [-0.25, -0.2) is 14.9 Å². The highest BCUT2D eigenvalue weighted by molar-refractivity contribution is 5.90. The molecule has 0 bridgehead atoms. The largest absolute Gasteiger partial charge is 0.487 e. The summed E-state index contributed by atoms with van der Waals surface area (Å²) in [4.78, 5) is 24.7. The Labute approximate surface area is 258 Å². The third kappa shape index (κ3) is 10.2. The Balaban J connectivity index is 1.57. The van der Waals surface area contributed by atoms with Crippen molar-refractivity contribution in [3.63, 3.8) is 0 Å². The fourth-order valence-corrected chi connectivity index (χ4v) is 5.40. The van der Waals surface area contributed by atoms with Crippen molar-refractivity contribution in [3.05, 3.63) is 87.5 Å². The van der Waals surface area contributed by atoms with Gasteiger partial charge in [-0.3, -0.25) is 0 Å². The van der Waals surface area contributed by atoms with Gasteiger partial charge in [-0.15, -0.1) is 0 Å². The zero-order chi connectivity index (χ0) is 31.6. The number of amides is 2. The summed E-state index contributed by atoms with van der Waals surface area (Å²) >= 11 is 0. The molecule has 0 fully saturated rings. The highest BCUT2D eigenvalue weighted by atomic mass is 16.6. The Morgan fingerprint density at radius 1 is 0.837 bits per heavy atom. The van der Waals surface area contributed by atoms with Crippen molar-refractivity contribution in [1.29, 1.82) is 0 Å². The lowest BCUT2D eigenvalue weighted by atomic mass is 9.85. The summed E-state index contributed by atoms with van der Waals surface area (Å²) in [5, 5.41) is 2.14. The van der Waals surface area contributed by atoms with Gasteiger partial charge in [0.05, 0.1) is 0 Å². The lowest BCUT2D eigenvalue weighted by Gasteiger charge is -2.38. The van der Waals surface area contributed by atoms with Gasteiger partial charge in [-0.2, -0.15) is 0 Å². The van der Waals surface area contributed by atoms with E-state index in [2.05, 4.69) is 58.2 Å². The number of ether oxygens (including phenoxy) is 3. The summed E-state index contributed by atoms with van der Waals surface area (Å²) in [5.41, 5.74) is 7.66. The average molecular weight is 588 g/mol. The maximum absolute atomic E-state index is 12.6. The number of nitrogens with one attached hydrogen (secondary N) is 1. The smallest absolute Gasteiger partial charge is 0.422 e. The van der Waals surface area contributed by atoms with E-state index in [-0.39, 0.29) is 5.60 Å². The average Bonchev–Trinajstić information content (AvgIpc) is 2.94. The standard InChI is InChI=1S/C37H49NO5/c1-25(2)15-12-16-26(3)17-13-18-27(4)19-14-23-37(8)24-22-32-30(7)33(28(5)29(6)34(32)43-37)42-36(40)38-35(39)41-31-20-10-9-11-21-31/h9-11,15,17,19-21H,12-14,16,18,22-24H2,1-8H3,(H,38,39,40)/b26-17+,27-19+/t37-/m1/s1. The minimum atomic E-state index is -0.897. The van der Waals surface area contributed by atoms with Crippen LogP contribution in [-0.4, -0.2) is 17.8 Å². The van der Waals surface area contributed by atoms with Crippen molar-refractivity contribution in [3.8, 4) is 17.2 Å². The van der Waals surface area contributed by atoms with Gasteiger partial charge in [0, 0.05) is 5.56 Å². The number of allylic oxidation sites excluding steroid dienone is 6. The zero-order valence-corrected chi connectivity index (χ0v) is 27.3. The molecule has 0 unspecified atom stereocenters. The van der Waals surface area contributed by atoms with Gasteiger partial charge in [-0.05, 0) is 136 Å². The first-order chi connectivity index (χ1) is 20.4. The van der Waals surface area contributed by atoms with E-state index in [9.17, 15) is 9.59 Å². The third-order valence-corrected chi connectivity index (χ3v) is 8.20. The van der Waals surface area contributed by atoms with Crippen molar-refractivity contribution >= 4 is 12.2 Å². The molecule has 1 aliphatic heterocycles. The molecule has 2 amide bonds. The molecule has 2 aromatic carbocycles. The molecule has 43 heavy (non-hydrogen) atoms. The van der Waals surface area contributed by atoms with Crippen molar-refractivity contribution in [1.82, 2.24) is 5.32 Å². The Kier molecular flexibility index (Phi) is 12.2. The Morgan fingerprint density at radius 3 is 2.09 bits per heavy atom. The minimum Gasteiger partial charge on any atom is -0.487 e. The Hall–Kier alpha value is -3.80. The second-order valence-corrected chi connectivity index (χ2v) is 12.3. The summed E-state index contributed by atoms with van der Waals surface area (Å²) in [7, 11) is 0. The van der Waals surface area contributed by atoms with Crippen LogP contribution < -0.4 is 19.5 Å². The van der Waals surface area contributed by atoms with Gasteiger partial charge < -0.3 is 14.2 Å². The topological polar surface area (TPSA) is 73.9 Å². The Bertz CT molecular complexity index is 1380. The number of rotatable bonds is 11. The van der Waals surface area contributed by atoms with Crippen LogP contribution in [0.5, 0.6) is 17.2 Å². The quantitative estimate of drug-likeness (QED) is 0.265. The number of hydrogen-bond donors (Lipinski definition) is 1. The van der Waals surface area contributed by atoms with Crippen LogP contribution in [0.4, 0.5) is 9.59 Å². The molecule has 0 spiro atoms. The molecule has 0 aliphatic carbocycles. The number of fused-ring (bicyclic) bond motifs is 1. The SMILES string of the molecule is CC(C)=CCC/C(C)=C/CC/C(C)=C/CC[C@]1(C)CCc2c(C)c(OC(=O)NC(=O)Oc3ccccc3)c(C)c(C)c2O1. The van der Waals surface area contributed by atoms with E-state index in [1.165, 1.54) is 16.7 Å². The second-order valence-electron chi connectivity index (χ2n) is 12.3. The number of hydrogen-bond acceptors (Lipinski definition) is 5. The van der Waals surface area contributed by atoms with Crippen molar-refractivity contribution in [2.75, 3.05) is 0 Å². The molecule has 1 aliphatic rings. The Morgan fingerprint density at radius 2 is 1.44 bits per heavy atom. The summed E-state index contributed by atoms with van der Waals surface area (Å²) < 4.78 is 17.4. The molecule has 0 saturated heterocycles. The van der Waals surface area contributed by atoms with Gasteiger partial charge in [0.25, 0.3) is 0 Å². The van der Waals surface area contributed by atoms with Crippen LogP contribution in [0.2, 0.25) is 0 Å². The van der Waals surface area contributed by atoms with Crippen LogP contribution in [0.3, 0.4) is 0 Å². The lowest BCUT2D eigenvalue weighted by Crippen LogP contribution is -2.37. The lowest BCUT2D eigenvalue weighted by molar-refractivity contribution is 0.0558. The summed E-state index contributed by atoms with van der Waals surface area (Å²) in [5.74, 6) is 1.67. The first kappa shape index (κ1) is 33.7. The number of benzene rings is 2. The van der Waals surface area contributed by atoms with E-state index in [4.69, 9.17) is 14.2 Å². The van der Waals surface area contributed by atoms with Crippen LogP contribution in [0, 0.1) is 20.8 Å². The van der Waals surface area contributed by atoms with E-state index in [1.807, 2.05) is 26.8 Å². The van der Waals surface area contributed by atoms with Gasteiger partial charge in [-0.1, -0.05) is 53.1 Å². The first-order valence-corrected chi connectivity index (χ1v) is 15.4. The summed E-state index contributed by atoms with van der Waals surface area (Å²) in [6.45, 7) is 16.8. The van der Waals surface area contributed by atoms with Crippen LogP contribution in [0.25, 0.3) is 0 Å². The van der Waals surface area contributed by atoms with E-state index in [0.29, 0.717) is 11.5 Å².